The van der Waals surface area contributed by atoms with Crippen LogP contribution in [-0.4, -0.2) is 33.2 Å². The first-order valence-corrected chi connectivity index (χ1v) is 7.68. The van der Waals surface area contributed by atoms with Gasteiger partial charge in [0.2, 0.25) is 0 Å². The molecule has 0 aliphatic carbocycles. The van der Waals surface area contributed by atoms with Crippen molar-refractivity contribution in [2.75, 3.05) is 6.54 Å². The molecule has 2 rings (SSSR count). The molecule has 1 unspecified atom stereocenters. The molecule has 1 saturated heterocycles. The van der Waals surface area contributed by atoms with Gasteiger partial charge in [-0.2, -0.15) is 0 Å². The Morgan fingerprint density at radius 3 is 2.48 bits per heavy atom. The second-order valence-electron chi connectivity index (χ2n) is 6.19. The van der Waals surface area contributed by atoms with Gasteiger partial charge in [-0.15, -0.1) is 0 Å². The number of aromatic hydroxyl groups is 1. The molecule has 2 N–H and O–H groups in total. The number of aryl methyl sites for hydroxylation is 2. The van der Waals surface area contributed by atoms with Gasteiger partial charge in [0.1, 0.15) is 11.3 Å². The van der Waals surface area contributed by atoms with Crippen molar-refractivity contribution in [1.82, 2.24) is 4.90 Å². The van der Waals surface area contributed by atoms with Crippen LogP contribution in [-0.2, 0) is 11.3 Å². The van der Waals surface area contributed by atoms with Crippen LogP contribution in [0.15, 0.2) is 12.1 Å². The second-order valence-corrected chi connectivity index (χ2v) is 6.19. The molecule has 1 fully saturated rings. The van der Waals surface area contributed by atoms with Crippen molar-refractivity contribution in [2.24, 2.45) is 0 Å². The Bertz CT molecular complexity index is 518. The van der Waals surface area contributed by atoms with E-state index in [9.17, 15) is 15.0 Å². The lowest BCUT2D eigenvalue weighted by molar-refractivity contribution is -0.150. The first-order valence-electron chi connectivity index (χ1n) is 7.68. The minimum absolute atomic E-state index is 0.332. The minimum atomic E-state index is -0.714. The molecule has 0 amide bonds. The number of rotatable bonds is 5. The molecule has 4 nitrogen and oxygen atoms in total. The van der Waals surface area contributed by atoms with Gasteiger partial charge in [0, 0.05) is 6.54 Å². The number of phenols is 1. The lowest BCUT2D eigenvalue weighted by Gasteiger charge is -2.34. The molecule has 1 aromatic rings. The Labute approximate surface area is 126 Å². The maximum atomic E-state index is 11.8. The van der Waals surface area contributed by atoms with Gasteiger partial charge in [-0.25, -0.2) is 0 Å². The summed E-state index contributed by atoms with van der Waals surface area (Å²) in [6.45, 7) is 7.26. The third kappa shape index (κ3) is 2.91. The monoisotopic (exact) mass is 291 g/mol. The maximum Gasteiger partial charge on any atom is 0.324 e. The predicted octanol–water partition coefficient (Wildman–Crippen LogP) is 3.23. The zero-order valence-electron chi connectivity index (χ0n) is 13.1. The molecule has 0 radical (unpaired) electrons. The average Bonchev–Trinajstić information content (AvgIpc) is 2.80. The lowest BCUT2D eigenvalue weighted by Crippen LogP contribution is -2.50. The number of benzene rings is 1. The van der Waals surface area contributed by atoms with E-state index in [0.29, 0.717) is 18.7 Å². The van der Waals surface area contributed by atoms with E-state index >= 15 is 0 Å². The SMILES string of the molecule is CCCC1(C(=O)O)CCCN1Cc1cc(C)c(O)c(C)c1. The zero-order chi connectivity index (χ0) is 15.6. The van der Waals surface area contributed by atoms with Crippen molar-refractivity contribution in [2.45, 2.75) is 58.5 Å². The van der Waals surface area contributed by atoms with Crippen molar-refractivity contribution in [3.05, 3.63) is 28.8 Å². The molecule has 1 aliphatic heterocycles. The summed E-state index contributed by atoms with van der Waals surface area (Å²) >= 11 is 0. The molecule has 1 aliphatic rings. The Kier molecular flexibility index (Phi) is 4.57. The third-order valence-electron chi connectivity index (χ3n) is 4.61. The van der Waals surface area contributed by atoms with Crippen LogP contribution in [0.4, 0.5) is 0 Å². The number of phenolic OH excluding ortho intramolecular Hbond substituents is 1. The first kappa shape index (κ1) is 15.8. The Balaban J connectivity index is 2.27. The highest BCUT2D eigenvalue weighted by Crippen LogP contribution is 2.36. The summed E-state index contributed by atoms with van der Waals surface area (Å²) in [7, 11) is 0. The van der Waals surface area contributed by atoms with Gasteiger partial charge < -0.3 is 10.2 Å². The van der Waals surface area contributed by atoms with Gasteiger partial charge in [-0.1, -0.05) is 25.5 Å². The van der Waals surface area contributed by atoms with Gasteiger partial charge in [0.15, 0.2) is 0 Å². The van der Waals surface area contributed by atoms with Crippen LogP contribution in [0.1, 0.15) is 49.3 Å². The highest BCUT2D eigenvalue weighted by atomic mass is 16.4. The second kappa shape index (κ2) is 6.06. The van der Waals surface area contributed by atoms with E-state index in [0.717, 1.165) is 42.5 Å². The summed E-state index contributed by atoms with van der Waals surface area (Å²) in [5, 5.41) is 19.6. The van der Waals surface area contributed by atoms with E-state index in [2.05, 4.69) is 4.90 Å². The van der Waals surface area contributed by atoms with Crippen LogP contribution in [0.2, 0.25) is 0 Å². The summed E-state index contributed by atoms with van der Waals surface area (Å²) in [4.78, 5) is 13.9. The fraction of sp³-hybridized carbons (Fsp3) is 0.588. The van der Waals surface area contributed by atoms with Crippen molar-refractivity contribution in [3.63, 3.8) is 0 Å². The molecule has 1 aromatic carbocycles. The summed E-state index contributed by atoms with van der Waals surface area (Å²) in [5.41, 5.74) is 2.06. The molecule has 0 bridgehead atoms. The number of carboxylic acids is 1. The van der Waals surface area contributed by atoms with Crippen LogP contribution in [0.5, 0.6) is 5.75 Å². The van der Waals surface area contributed by atoms with Crippen molar-refractivity contribution < 1.29 is 15.0 Å². The van der Waals surface area contributed by atoms with Gasteiger partial charge >= 0.3 is 5.97 Å². The number of likely N-dealkylation sites (tertiary alicyclic amines) is 1. The quantitative estimate of drug-likeness (QED) is 0.874. The van der Waals surface area contributed by atoms with Crippen molar-refractivity contribution in [1.29, 1.82) is 0 Å². The first-order chi connectivity index (χ1) is 9.90. The fourth-order valence-corrected chi connectivity index (χ4v) is 3.57. The average molecular weight is 291 g/mol. The summed E-state index contributed by atoms with van der Waals surface area (Å²) in [5.74, 6) is -0.368. The minimum Gasteiger partial charge on any atom is -0.507 e. The molecule has 21 heavy (non-hydrogen) atoms. The highest BCUT2D eigenvalue weighted by Gasteiger charge is 2.46. The van der Waals surface area contributed by atoms with E-state index in [1.54, 1.807) is 0 Å². The zero-order valence-corrected chi connectivity index (χ0v) is 13.1. The molecular weight excluding hydrogens is 266 g/mol. The van der Waals surface area contributed by atoms with E-state index in [1.807, 2.05) is 32.9 Å². The normalized spacial score (nSPS) is 22.6. The predicted molar refractivity (Wildman–Crippen MR) is 82.5 cm³/mol. The number of aliphatic carboxylic acids is 1. The molecule has 4 heteroatoms. The Hall–Kier alpha value is -1.55. The van der Waals surface area contributed by atoms with Crippen LogP contribution >= 0.6 is 0 Å². The molecule has 1 atom stereocenters. The van der Waals surface area contributed by atoms with E-state index in [1.165, 1.54) is 0 Å². The molecular formula is C17H25NO3. The molecule has 1 heterocycles. The van der Waals surface area contributed by atoms with Crippen LogP contribution in [0.25, 0.3) is 0 Å². The van der Waals surface area contributed by atoms with Gasteiger partial charge in [0.25, 0.3) is 0 Å². The van der Waals surface area contributed by atoms with E-state index in [-0.39, 0.29) is 0 Å². The maximum absolute atomic E-state index is 11.8. The number of nitrogens with zero attached hydrogens (tertiary/aromatic N) is 1. The van der Waals surface area contributed by atoms with Gasteiger partial charge in [-0.3, -0.25) is 9.69 Å². The lowest BCUT2D eigenvalue weighted by atomic mass is 9.90. The topological polar surface area (TPSA) is 60.8 Å². The van der Waals surface area contributed by atoms with Crippen LogP contribution < -0.4 is 0 Å². The Morgan fingerprint density at radius 2 is 1.95 bits per heavy atom. The smallest absolute Gasteiger partial charge is 0.324 e. The van der Waals surface area contributed by atoms with E-state index < -0.39 is 11.5 Å². The fourth-order valence-electron chi connectivity index (χ4n) is 3.57. The molecule has 0 spiro atoms. The van der Waals surface area contributed by atoms with Crippen LogP contribution in [0.3, 0.4) is 0 Å². The van der Waals surface area contributed by atoms with Crippen molar-refractivity contribution >= 4 is 5.97 Å². The number of carboxylic acid groups (broad SMARTS) is 1. The summed E-state index contributed by atoms with van der Waals surface area (Å²) < 4.78 is 0. The van der Waals surface area contributed by atoms with E-state index in [4.69, 9.17) is 0 Å². The largest absolute Gasteiger partial charge is 0.507 e. The number of carbonyl (C=O) groups is 1. The highest BCUT2D eigenvalue weighted by molar-refractivity contribution is 5.79. The van der Waals surface area contributed by atoms with Crippen molar-refractivity contribution in [3.8, 4) is 5.75 Å². The standard InChI is InChI=1S/C17H25NO3/c1-4-6-17(16(20)21)7-5-8-18(17)11-14-9-12(2)15(19)13(3)10-14/h9-10,19H,4-8,11H2,1-3H3,(H,20,21). The third-order valence-corrected chi connectivity index (χ3v) is 4.61. The van der Waals surface area contributed by atoms with Gasteiger partial charge in [0.05, 0.1) is 0 Å². The number of hydrogen-bond donors (Lipinski definition) is 2. The Morgan fingerprint density at radius 1 is 1.33 bits per heavy atom. The van der Waals surface area contributed by atoms with Gasteiger partial charge in [-0.05, 0) is 56.3 Å². The summed E-state index contributed by atoms with van der Waals surface area (Å²) in [6.07, 6.45) is 3.23. The number of hydrogen-bond acceptors (Lipinski definition) is 3. The molecule has 0 aromatic heterocycles. The molecule has 116 valence electrons. The molecule has 0 saturated carbocycles. The van der Waals surface area contributed by atoms with Crippen LogP contribution in [0, 0.1) is 13.8 Å². The summed E-state index contributed by atoms with van der Waals surface area (Å²) in [6, 6.07) is 3.92.